The molecule has 2 nitrogen and oxygen atoms in total. The fraction of sp³-hybridized carbons (Fsp3) is 0.857. The minimum atomic E-state index is -0.00269. The highest BCUT2D eigenvalue weighted by atomic mass is 16.5. The van der Waals surface area contributed by atoms with Crippen LogP contribution in [0.2, 0.25) is 0 Å². The van der Waals surface area contributed by atoms with Gasteiger partial charge in [-0.3, -0.25) is 0 Å². The summed E-state index contributed by atoms with van der Waals surface area (Å²) in [6.45, 7) is 11.5. The summed E-state index contributed by atoms with van der Waals surface area (Å²) in [6, 6.07) is 0. The first-order valence-corrected chi connectivity index (χ1v) is 6.42. The minimum absolute atomic E-state index is 0.00269. The molecule has 16 heavy (non-hydrogen) atoms. The van der Waals surface area contributed by atoms with Crippen molar-refractivity contribution in [3.8, 4) is 0 Å². The molecule has 1 aliphatic heterocycles. The molecule has 0 aliphatic carbocycles. The van der Waals surface area contributed by atoms with Gasteiger partial charge in [0.05, 0.1) is 24.4 Å². The average Bonchev–Trinajstić information content (AvgIpc) is 2.23. The van der Waals surface area contributed by atoms with Crippen molar-refractivity contribution in [1.82, 2.24) is 0 Å². The highest BCUT2D eigenvalue weighted by Crippen LogP contribution is 2.21. The molecule has 1 rings (SSSR count). The summed E-state index contributed by atoms with van der Waals surface area (Å²) in [7, 11) is 0. The maximum atomic E-state index is 5.88. The highest BCUT2D eigenvalue weighted by molar-refractivity contribution is 4.99. The van der Waals surface area contributed by atoms with Gasteiger partial charge in [-0.05, 0) is 27.2 Å². The number of hydrogen-bond donors (Lipinski definition) is 0. The molecule has 0 radical (unpaired) electrons. The smallest absolute Gasteiger partial charge is 0.0781 e. The highest BCUT2D eigenvalue weighted by Gasteiger charge is 2.21. The lowest BCUT2D eigenvalue weighted by Gasteiger charge is -2.29. The van der Waals surface area contributed by atoms with E-state index in [4.69, 9.17) is 9.47 Å². The average molecular weight is 226 g/mol. The van der Waals surface area contributed by atoms with Crippen LogP contribution in [-0.2, 0) is 9.47 Å². The molecule has 0 amide bonds. The summed E-state index contributed by atoms with van der Waals surface area (Å²) in [6.07, 6.45) is 6.99. The van der Waals surface area contributed by atoms with E-state index < -0.39 is 0 Å². The van der Waals surface area contributed by atoms with E-state index in [0.29, 0.717) is 12.0 Å². The number of ether oxygens (including phenoxy) is 2. The molecular formula is C14H26O2. The third-order valence-corrected chi connectivity index (χ3v) is 3.51. The monoisotopic (exact) mass is 226 g/mol. The van der Waals surface area contributed by atoms with Gasteiger partial charge in [-0.15, -0.1) is 0 Å². The molecule has 0 N–H and O–H groups in total. The van der Waals surface area contributed by atoms with Gasteiger partial charge in [-0.1, -0.05) is 26.0 Å². The van der Waals surface area contributed by atoms with Gasteiger partial charge in [-0.25, -0.2) is 0 Å². The third kappa shape index (κ3) is 4.26. The Morgan fingerprint density at radius 3 is 2.50 bits per heavy atom. The lowest BCUT2D eigenvalue weighted by Crippen LogP contribution is -2.30. The third-order valence-electron chi connectivity index (χ3n) is 3.51. The van der Waals surface area contributed by atoms with Gasteiger partial charge in [0, 0.05) is 12.3 Å². The molecule has 1 aliphatic rings. The zero-order valence-corrected chi connectivity index (χ0v) is 11.3. The van der Waals surface area contributed by atoms with E-state index in [-0.39, 0.29) is 11.7 Å². The molecule has 94 valence electrons. The molecule has 1 unspecified atom stereocenters. The Morgan fingerprint density at radius 1 is 1.25 bits per heavy atom. The summed E-state index contributed by atoms with van der Waals surface area (Å²) in [5.41, 5.74) is -0.00269. The van der Waals surface area contributed by atoms with Crippen molar-refractivity contribution in [3.63, 3.8) is 0 Å². The lowest BCUT2D eigenvalue weighted by atomic mass is 10.0. The van der Waals surface area contributed by atoms with Crippen molar-refractivity contribution in [2.24, 2.45) is 5.92 Å². The van der Waals surface area contributed by atoms with E-state index in [1.54, 1.807) is 0 Å². The van der Waals surface area contributed by atoms with Crippen molar-refractivity contribution in [2.45, 2.75) is 65.3 Å². The van der Waals surface area contributed by atoms with E-state index in [0.717, 1.165) is 19.4 Å². The molecular weight excluding hydrogens is 200 g/mol. The van der Waals surface area contributed by atoms with Crippen LogP contribution in [0, 0.1) is 5.92 Å². The van der Waals surface area contributed by atoms with Gasteiger partial charge in [0.25, 0.3) is 0 Å². The Balaban J connectivity index is 2.27. The predicted octanol–water partition coefficient (Wildman–Crippen LogP) is 3.56. The minimum Gasteiger partial charge on any atom is -0.375 e. The van der Waals surface area contributed by atoms with Crippen molar-refractivity contribution in [3.05, 3.63) is 12.2 Å². The molecule has 0 aromatic rings. The zero-order valence-electron chi connectivity index (χ0n) is 11.3. The van der Waals surface area contributed by atoms with Crippen molar-refractivity contribution in [2.75, 3.05) is 6.61 Å². The summed E-state index contributed by atoms with van der Waals surface area (Å²) >= 11 is 0. The molecule has 0 saturated carbocycles. The Labute approximate surface area is 100 Å². The Morgan fingerprint density at radius 2 is 1.94 bits per heavy atom. The molecule has 3 atom stereocenters. The van der Waals surface area contributed by atoms with Gasteiger partial charge in [0.1, 0.15) is 0 Å². The fourth-order valence-corrected chi connectivity index (χ4v) is 1.62. The first-order chi connectivity index (χ1) is 7.44. The number of rotatable bonds is 5. The topological polar surface area (TPSA) is 18.5 Å². The zero-order chi connectivity index (χ0) is 12.2. The molecule has 0 spiro atoms. The molecule has 1 heterocycles. The van der Waals surface area contributed by atoms with Crippen LogP contribution in [0.4, 0.5) is 0 Å². The van der Waals surface area contributed by atoms with E-state index in [1.165, 1.54) is 0 Å². The van der Waals surface area contributed by atoms with Crippen LogP contribution in [0.5, 0.6) is 0 Å². The Kier molecular flexibility index (Phi) is 5.00. The van der Waals surface area contributed by atoms with Gasteiger partial charge < -0.3 is 9.47 Å². The maximum Gasteiger partial charge on any atom is 0.0781 e. The first-order valence-electron chi connectivity index (χ1n) is 6.42. The van der Waals surface area contributed by atoms with Crippen LogP contribution < -0.4 is 0 Å². The largest absolute Gasteiger partial charge is 0.375 e. The standard InChI is InChI=1S/C14H26O2/c1-6-14(4,5)15-10-9-13-8-7-11(2)12(3)16-13/h7-8,11-13H,6,9-10H2,1-5H3/t11-,12?,13+/m0/s1. The molecule has 0 aromatic heterocycles. The van der Waals surface area contributed by atoms with Crippen LogP contribution in [0.15, 0.2) is 12.2 Å². The van der Waals surface area contributed by atoms with Crippen molar-refractivity contribution >= 4 is 0 Å². The van der Waals surface area contributed by atoms with Crippen LogP contribution in [-0.4, -0.2) is 24.4 Å². The van der Waals surface area contributed by atoms with Crippen molar-refractivity contribution in [1.29, 1.82) is 0 Å². The normalized spacial score (nSPS) is 30.7. The molecule has 0 fully saturated rings. The van der Waals surface area contributed by atoms with E-state index >= 15 is 0 Å². The van der Waals surface area contributed by atoms with Gasteiger partial charge in [-0.2, -0.15) is 0 Å². The Hall–Kier alpha value is -0.340. The van der Waals surface area contributed by atoms with Crippen LogP contribution in [0.3, 0.4) is 0 Å². The molecule has 0 bridgehead atoms. The van der Waals surface area contributed by atoms with Gasteiger partial charge in [0.2, 0.25) is 0 Å². The van der Waals surface area contributed by atoms with E-state index in [9.17, 15) is 0 Å². The molecule has 0 saturated heterocycles. The second kappa shape index (κ2) is 5.83. The van der Waals surface area contributed by atoms with Crippen LogP contribution >= 0.6 is 0 Å². The van der Waals surface area contributed by atoms with Crippen LogP contribution in [0.25, 0.3) is 0 Å². The molecule has 2 heteroatoms. The van der Waals surface area contributed by atoms with Crippen molar-refractivity contribution < 1.29 is 9.47 Å². The Bertz CT molecular complexity index is 233. The summed E-state index contributed by atoms with van der Waals surface area (Å²) in [5, 5.41) is 0. The summed E-state index contributed by atoms with van der Waals surface area (Å²) in [5.74, 6) is 0.532. The fourth-order valence-electron chi connectivity index (χ4n) is 1.62. The second-order valence-electron chi connectivity index (χ2n) is 5.37. The second-order valence-corrected chi connectivity index (χ2v) is 5.37. The first kappa shape index (κ1) is 13.7. The predicted molar refractivity (Wildman–Crippen MR) is 67.6 cm³/mol. The van der Waals surface area contributed by atoms with E-state index in [1.807, 2.05) is 0 Å². The summed E-state index contributed by atoms with van der Waals surface area (Å²) in [4.78, 5) is 0. The molecule has 0 aromatic carbocycles. The number of hydrogen-bond acceptors (Lipinski definition) is 2. The SMILES string of the molecule is CCC(C)(C)OCC[C@H]1C=C[C@H](C)C(C)O1. The van der Waals surface area contributed by atoms with Gasteiger partial charge in [0.15, 0.2) is 0 Å². The quantitative estimate of drug-likeness (QED) is 0.667. The lowest BCUT2D eigenvalue weighted by molar-refractivity contribution is -0.0559. The van der Waals surface area contributed by atoms with E-state index in [2.05, 4.69) is 46.8 Å². The maximum absolute atomic E-state index is 5.88. The summed E-state index contributed by atoms with van der Waals surface area (Å²) < 4.78 is 11.7. The van der Waals surface area contributed by atoms with Crippen LogP contribution in [0.1, 0.15) is 47.5 Å². The van der Waals surface area contributed by atoms with Gasteiger partial charge >= 0.3 is 0 Å².